The second kappa shape index (κ2) is 6.70. The van der Waals surface area contributed by atoms with Crippen molar-refractivity contribution in [2.45, 2.75) is 32.2 Å². The van der Waals surface area contributed by atoms with Gasteiger partial charge in [0.25, 0.3) is 0 Å². The molecule has 1 aromatic heterocycles. The Hall–Kier alpha value is -2.26. The van der Waals surface area contributed by atoms with Crippen LogP contribution in [0.2, 0.25) is 5.02 Å². The summed E-state index contributed by atoms with van der Waals surface area (Å²) >= 11 is 5.88. The van der Waals surface area contributed by atoms with Crippen LogP contribution in [0.3, 0.4) is 0 Å². The number of H-pyrrole nitrogens is 1. The molecule has 1 amide bonds. The molecular weight excluding hydrogens is 320 g/mol. The van der Waals surface area contributed by atoms with Gasteiger partial charge in [-0.15, -0.1) is 0 Å². The fourth-order valence-corrected chi connectivity index (χ4v) is 3.13. The SMILES string of the molecule is CC(C)(Cc1c[nH]c2ccccc12)NC(=O)Cc1ccc(Cl)cc1. The van der Waals surface area contributed by atoms with Gasteiger partial charge in [0.15, 0.2) is 0 Å². The van der Waals surface area contributed by atoms with Gasteiger partial charge in [-0.25, -0.2) is 0 Å². The van der Waals surface area contributed by atoms with E-state index in [2.05, 4.69) is 36.3 Å². The zero-order chi connectivity index (χ0) is 17.2. The van der Waals surface area contributed by atoms with E-state index < -0.39 is 0 Å². The Kier molecular flexibility index (Phi) is 4.63. The molecule has 24 heavy (non-hydrogen) atoms. The monoisotopic (exact) mass is 340 g/mol. The first-order chi connectivity index (χ1) is 11.4. The number of aromatic amines is 1. The number of fused-ring (bicyclic) bond motifs is 1. The van der Waals surface area contributed by atoms with Gasteiger partial charge in [0.1, 0.15) is 0 Å². The van der Waals surface area contributed by atoms with E-state index in [1.54, 1.807) is 12.1 Å². The van der Waals surface area contributed by atoms with E-state index >= 15 is 0 Å². The smallest absolute Gasteiger partial charge is 0.224 e. The zero-order valence-electron chi connectivity index (χ0n) is 13.9. The summed E-state index contributed by atoms with van der Waals surface area (Å²) in [6, 6.07) is 15.6. The highest BCUT2D eigenvalue weighted by Crippen LogP contribution is 2.22. The predicted molar refractivity (Wildman–Crippen MR) is 99.4 cm³/mol. The van der Waals surface area contributed by atoms with Crippen molar-refractivity contribution in [1.29, 1.82) is 0 Å². The van der Waals surface area contributed by atoms with E-state index in [0.717, 1.165) is 17.5 Å². The van der Waals surface area contributed by atoms with Crippen molar-refractivity contribution in [3.05, 3.63) is 70.9 Å². The Morgan fingerprint density at radius 2 is 1.83 bits per heavy atom. The molecule has 3 nitrogen and oxygen atoms in total. The van der Waals surface area contributed by atoms with Gasteiger partial charge in [-0.3, -0.25) is 4.79 Å². The molecule has 0 fully saturated rings. The van der Waals surface area contributed by atoms with Gasteiger partial charge >= 0.3 is 0 Å². The molecule has 0 radical (unpaired) electrons. The Morgan fingerprint density at radius 1 is 1.12 bits per heavy atom. The third kappa shape index (κ3) is 3.98. The number of nitrogens with one attached hydrogen (secondary N) is 2. The Bertz CT molecular complexity index is 849. The van der Waals surface area contributed by atoms with Crippen LogP contribution < -0.4 is 5.32 Å². The minimum Gasteiger partial charge on any atom is -0.361 e. The fourth-order valence-electron chi connectivity index (χ4n) is 3.01. The normalized spacial score (nSPS) is 11.6. The van der Waals surface area contributed by atoms with Gasteiger partial charge in [-0.05, 0) is 49.6 Å². The lowest BCUT2D eigenvalue weighted by atomic mass is 9.94. The molecule has 0 aliphatic carbocycles. The summed E-state index contributed by atoms with van der Waals surface area (Å²) in [6.07, 6.45) is 3.15. The minimum absolute atomic E-state index is 0.0159. The first kappa shape index (κ1) is 16.6. The molecule has 1 heterocycles. The van der Waals surface area contributed by atoms with E-state index in [4.69, 9.17) is 11.6 Å². The van der Waals surface area contributed by atoms with Crippen molar-refractivity contribution in [3.8, 4) is 0 Å². The van der Waals surface area contributed by atoms with Gasteiger partial charge < -0.3 is 10.3 Å². The molecule has 0 spiro atoms. The molecule has 0 atom stereocenters. The van der Waals surface area contributed by atoms with E-state index in [9.17, 15) is 4.79 Å². The van der Waals surface area contributed by atoms with Gasteiger partial charge in [0, 0.05) is 27.7 Å². The molecule has 124 valence electrons. The number of benzene rings is 2. The summed E-state index contributed by atoms with van der Waals surface area (Å²) in [4.78, 5) is 15.6. The number of hydrogen-bond donors (Lipinski definition) is 2. The number of amides is 1. The van der Waals surface area contributed by atoms with Crippen LogP contribution in [0.15, 0.2) is 54.7 Å². The third-order valence-corrected chi connectivity index (χ3v) is 4.32. The van der Waals surface area contributed by atoms with Crippen LogP contribution in [0.1, 0.15) is 25.0 Å². The first-order valence-corrected chi connectivity index (χ1v) is 8.41. The maximum absolute atomic E-state index is 12.4. The standard InChI is InChI=1S/C20H21ClN2O/c1-20(2,12-15-13-22-18-6-4-3-5-17(15)18)23-19(24)11-14-7-9-16(21)10-8-14/h3-10,13,22H,11-12H2,1-2H3,(H,23,24). The molecule has 3 aromatic rings. The number of para-hydroxylation sites is 1. The third-order valence-electron chi connectivity index (χ3n) is 4.06. The summed E-state index contributed by atoms with van der Waals surface area (Å²) < 4.78 is 0. The van der Waals surface area contributed by atoms with Gasteiger partial charge in [-0.2, -0.15) is 0 Å². The molecule has 0 saturated heterocycles. The highest BCUT2D eigenvalue weighted by Gasteiger charge is 2.22. The molecule has 0 bridgehead atoms. The van der Waals surface area contributed by atoms with Crippen molar-refractivity contribution in [2.75, 3.05) is 0 Å². The largest absolute Gasteiger partial charge is 0.361 e. The highest BCUT2D eigenvalue weighted by molar-refractivity contribution is 6.30. The van der Waals surface area contributed by atoms with Crippen LogP contribution in [0.5, 0.6) is 0 Å². The molecule has 4 heteroatoms. The van der Waals surface area contributed by atoms with Crippen LogP contribution in [0.25, 0.3) is 10.9 Å². The van der Waals surface area contributed by atoms with E-state index in [1.165, 1.54) is 10.9 Å². The molecule has 0 unspecified atom stereocenters. The van der Waals surface area contributed by atoms with Crippen LogP contribution in [-0.2, 0) is 17.6 Å². The number of hydrogen-bond acceptors (Lipinski definition) is 1. The van der Waals surface area contributed by atoms with Crippen molar-refractivity contribution in [1.82, 2.24) is 10.3 Å². The van der Waals surface area contributed by atoms with Gasteiger partial charge in [0.2, 0.25) is 5.91 Å². The van der Waals surface area contributed by atoms with Crippen molar-refractivity contribution < 1.29 is 4.79 Å². The summed E-state index contributed by atoms with van der Waals surface area (Å²) in [6.45, 7) is 4.10. The van der Waals surface area contributed by atoms with E-state index in [0.29, 0.717) is 11.4 Å². The molecule has 2 aromatic carbocycles. The maximum atomic E-state index is 12.4. The zero-order valence-corrected chi connectivity index (χ0v) is 14.7. The lowest BCUT2D eigenvalue weighted by Crippen LogP contribution is -2.45. The second-order valence-electron chi connectivity index (χ2n) is 6.77. The highest BCUT2D eigenvalue weighted by atomic mass is 35.5. The fraction of sp³-hybridized carbons (Fsp3) is 0.250. The maximum Gasteiger partial charge on any atom is 0.224 e. The predicted octanol–water partition coefficient (Wildman–Crippen LogP) is 4.50. The number of rotatable bonds is 5. The number of halogens is 1. The van der Waals surface area contributed by atoms with Crippen molar-refractivity contribution >= 4 is 28.4 Å². The van der Waals surface area contributed by atoms with E-state index in [1.807, 2.05) is 30.5 Å². The average Bonchev–Trinajstić information content (AvgIpc) is 2.91. The lowest BCUT2D eigenvalue weighted by Gasteiger charge is -2.26. The molecule has 0 saturated carbocycles. The first-order valence-electron chi connectivity index (χ1n) is 8.03. The Balaban J connectivity index is 1.66. The molecule has 3 rings (SSSR count). The molecule has 0 aliphatic rings. The number of carbonyl (C=O) groups is 1. The number of carbonyl (C=O) groups excluding carboxylic acids is 1. The number of aromatic nitrogens is 1. The topological polar surface area (TPSA) is 44.9 Å². The van der Waals surface area contributed by atoms with Crippen molar-refractivity contribution in [3.63, 3.8) is 0 Å². The summed E-state index contributed by atoms with van der Waals surface area (Å²) in [5, 5.41) is 5.02. The summed E-state index contributed by atoms with van der Waals surface area (Å²) in [5.74, 6) is 0.0159. The van der Waals surface area contributed by atoms with Crippen LogP contribution in [0.4, 0.5) is 0 Å². The van der Waals surface area contributed by atoms with Crippen LogP contribution in [0, 0.1) is 0 Å². The van der Waals surface area contributed by atoms with Gasteiger partial charge in [-0.1, -0.05) is 41.9 Å². The minimum atomic E-state index is -0.325. The Morgan fingerprint density at radius 3 is 2.58 bits per heavy atom. The summed E-state index contributed by atoms with van der Waals surface area (Å²) in [5.41, 5.74) is 2.96. The lowest BCUT2D eigenvalue weighted by molar-refractivity contribution is -0.122. The molecule has 0 aliphatic heterocycles. The van der Waals surface area contributed by atoms with Crippen LogP contribution in [-0.4, -0.2) is 16.4 Å². The summed E-state index contributed by atoms with van der Waals surface area (Å²) in [7, 11) is 0. The van der Waals surface area contributed by atoms with Crippen molar-refractivity contribution in [2.24, 2.45) is 0 Å². The van der Waals surface area contributed by atoms with E-state index in [-0.39, 0.29) is 11.4 Å². The quantitative estimate of drug-likeness (QED) is 0.705. The molecular formula is C20H21ClN2O. The Labute approximate surface area is 147 Å². The average molecular weight is 341 g/mol. The van der Waals surface area contributed by atoms with Crippen LogP contribution >= 0.6 is 11.6 Å². The second-order valence-corrected chi connectivity index (χ2v) is 7.21. The molecule has 2 N–H and O–H groups in total. The van der Waals surface area contributed by atoms with Gasteiger partial charge in [0.05, 0.1) is 6.42 Å².